The minimum Gasteiger partial charge on any atom is -0.481 e. The summed E-state index contributed by atoms with van der Waals surface area (Å²) < 4.78 is 10.7. The first-order valence-corrected chi connectivity index (χ1v) is 8.86. The van der Waals surface area contributed by atoms with Crippen molar-refractivity contribution in [2.45, 2.75) is 38.3 Å². The maximum absolute atomic E-state index is 12.5. The molecule has 2 aromatic rings. The predicted octanol–water partition coefficient (Wildman–Crippen LogP) is 3.05. The molecule has 0 spiro atoms. The molecule has 0 aliphatic rings. The second-order valence-electron chi connectivity index (χ2n) is 6.39. The Kier molecular flexibility index (Phi) is 7.88. The summed E-state index contributed by atoms with van der Waals surface area (Å²) in [6.45, 7) is 2.09. The topological polar surface area (TPSA) is 101 Å². The fraction of sp³-hybridized carbons (Fsp3) is 0.400. The number of hydrogen-bond acceptors (Lipinski definition) is 4. The highest BCUT2D eigenvalue weighted by Gasteiger charge is 2.20. The van der Waals surface area contributed by atoms with E-state index < -0.39 is 18.0 Å². The van der Waals surface area contributed by atoms with Gasteiger partial charge in [-0.2, -0.15) is 0 Å². The second kappa shape index (κ2) is 10.4. The number of aryl methyl sites for hydroxylation is 1. The molecule has 2 amide bonds. The van der Waals surface area contributed by atoms with Gasteiger partial charge in [0.15, 0.2) is 0 Å². The average molecular weight is 374 g/mol. The number of carbonyl (C=O) groups excluding carboxylic acids is 1. The van der Waals surface area contributed by atoms with Crippen LogP contribution in [-0.2, 0) is 16.0 Å². The highest BCUT2D eigenvalue weighted by Crippen LogP contribution is 2.17. The van der Waals surface area contributed by atoms with Gasteiger partial charge in [0, 0.05) is 19.6 Å². The van der Waals surface area contributed by atoms with Crippen LogP contribution in [0.5, 0.6) is 0 Å². The third kappa shape index (κ3) is 7.15. The molecular formula is C20H26N2O5. The van der Waals surface area contributed by atoms with Gasteiger partial charge in [-0.15, -0.1) is 0 Å². The van der Waals surface area contributed by atoms with Gasteiger partial charge in [0.2, 0.25) is 0 Å². The SMILES string of the molecule is COCC(NC(=O)NC(CCC(=O)O)Cc1ccccc1)c1ccc(C)o1. The molecule has 0 aliphatic heterocycles. The molecule has 27 heavy (non-hydrogen) atoms. The third-order valence-corrected chi connectivity index (χ3v) is 4.11. The van der Waals surface area contributed by atoms with Crippen molar-refractivity contribution in [3.05, 3.63) is 59.5 Å². The van der Waals surface area contributed by atoms with Crippen LogP contribution in [0.1, 0.15) is 36.0 Å². The van der Waals surface area contributed by atoms with Gasteiger partial charge in [-0.1, -0.05) is 30.3 Å². The first-order valence-electron chi connectivity index (χ1n) is 8.86. The van der Waals surface area contributed by atoms with Crippen LogP contribution in [0, 0.1) is 6.92 Å². The van der Waals surface area contributed by atoms with E-state index in [4.69, 9.17) is 14.3 Å². The van der Waals surface area contributed by atoms with Crippen molar-refractivity contribution in [3.8, 4) is 0 Å². The van der Waals surface area contributed by atoms with Gasteiger partial charge in [-0.25, -0.2) is 4.79 Å². The number of carbonyl (C=O) groups is 2. The highest BCUT2D eigenvalue weighted by molar-refractivity contribution is 5.75. The van der Waals surface area contributed by atoms with Crippen molar-refractivity contribution < 1.29 is 23.8 Å². The summed E-state index contributed by atoms with van der Waals surface area (Å²) in [5, 5.41) is 14.7. The predicted molar refractivity (Wildman–Crippen MR) is 101 cm³/mol. The Hall–Kier alpha value is -2.80. The number of nitrogens with one attached hydrogen (secondary N) is 2. The first kappa shape index (κ1) is 20.5. The molecule has 7 heteroatoms. The Morgan fingerprint density at radius 2 is 1.89 bits per heavy atom. The van der Waals surface area contributed by atoms with Crippen LogP contribution in [-0.4, -0.2) is 36.9 Å². The van der Waals surface area contributed by atoms with E-state index in [2.05, 4.69) is 10.6 Å². The van der Waals surface area contributed by atoms with Gasteiger partial charge in [0.25, 0.3) is 0 Å². The fourth-order valence-corrected chi connectivity index (χ4v) is 2.81. The molecule has 2 atom stereocenters. The summed E-state index contributed by atoms with van der Waals surface area (Å²) in [4.78, 5) is 23.4. The highest BCUT2D eigenvalue weighted by atomic mass is 16.5. The van der Waals surface area contributed by atoms with Crippen LogP contribution in [0.25, 0.3) is 0 Å². The molecule has 0 fully saturated rings. The Balaban J connectivity index is 2.00. The van der Waals surface area contributed by atoms with Crippen LogP contribution in [0.15, 0.2) is 46.9 Å². The molecule has 7 nitrogen and oxygen atoms in total. The van der Waals surface area contributed by atoms with E-state index in [9.17, 15) is 9.59 Å². The number of hydrogen-bond donors (Lipinski definition) is 3. The number of carboxylic acid groups (broad SMARTS) is 1. The zero-order valence-electron chi connectivity index (χ0n) is 15.6. The largest absolute Gasteiger partial charge is 0.481 e. The Morgan fingerprint density at radius 3 is 2.48 bits per heavy atom. The summed E-state index contributed by atoms with van der Waals surface area (Å²) in [5.41, 5.74) is 1.03. The van der Waals surface area contributed by atoms with Gasteiger partial charge in [-0.05, 0) is 37.5 Å². The Bertz CT molecular complexity index is 729. The molecule has 3 N–H and O–H groups in total. The van der Waals surface area contributed by atoms with Crippen molar-refractivity contribution in [1.82, 2.24) is 10.6 Å². The quantitative estimate of drug-likeness (QED) is 0.593. The standard InChI is InChI=1S/C20H26N2O5/c1-14-8-10-18(27-14)17(13-26-2)22-20(25)21-16(9-11-19(23)24)12-15-6-4-3-5-7-15/h3-8,10,16-17H,9,11-13H2,1-2H3,(H,23,24)(H2,21,22,25). The van der Waals surface area contributed by atoms with Crippen LogP contribution in [0.2, 0.25) is 0 Å². The van der Waals surface area contributed by atoms with Gasteiger partial charge in [0.05, 0.1) is 6.61 Å². The molecule has 2 rings (SSSR count). The zero-order valence-corrected chi connectivity index (χ0v) is 15.6. The van der Waals surface area contributed by atoms with Crippen LogP contribution < -0.4 is 10.6 Å². The number of rotatable bonds is 10. The Morgan fingerprint density at radius 1 is 1.15 bits per heavy atom. The monoisotopic (exact) mass is 374 g/mol. The van der Waals surface area contributed by atoms with Crippen molar-refractivity contribution >= 4 is 12.0 Å². The average Bonchev–Trinajstić information content (AvgIpc) is 3.06. The lowest BCUT2D eigenvalue weighted by Crippen LogP contribution is -2.45. The van der Waals surface area contributed by atoms with E-state index in [1.165, 1.54) is 0 Å². The third-order valence-electron chi connectivity index (χ3n) is 4.11. The first-order chi connectivity index (χ1) is 13.0. The number of methoxy groups -OCH3 is 1. The molecule has 0 saturated heterocycles. The Labute approximate surface area is 158 Å². The zero-order chi connectivity index (χ0) is 19.6. The molecule has 2 unspecified atom stereocenters. The van der Waals surface area contributed by atoms with Crippen molar-refractivity contribution in [1.29, 1.82) is 0 Å². The van der Waals surface area contributed by atoms with Crippen LogP contribution in [0.3, 0.4) is 0 Å². The number of benzene rings is 1. The number of furan rings is 1. The normalized spacial score (nSPS) is 13.0. The van der Waals surface area contributed by atoms with Crippen molar-refractivity contribution in [2.24, 2.45) is 0 Å². The summed E-state index contributed by atoms with van der Waals surface area (Å²) >= 11 is 0. The van der Waals surface area contributed by atoms with E-state index in [-0.39, 0.29) is 19.1 Å². The molecular weight excluding hydrogens is 348 g/mol. The minimum absolute atomic E-state index is 0.0172. The molecule has 0 radical (unpaired) electrons. The molecule has 1 heterocycles. The number of ether oxygens (including phenoxy) is 1. The molecule has 0 bridgehead atoms. The minimum atomic E-state index is -0.890. The summed E-state index contributed by atoms with van der Waals surface area (Å²) in [7, 11) is 1.55. The number of carboxylic acids is 1. The lowest BCUT2D eigenvalue weighted by atomic mass is 10.0. The van der Waals surface area contributed by atoms with E-state index in [0.29, 0.717) is 18.6 Å². The van der Waals surface area contributed by atoms with Gasteiger partial charge >= 0.3 is 12.0 Å². The van der Waals surface area contributed by atoms with E-state index in [0.717, 1.165) is 11.3 Å². The maximum atomic E-state index is 12.5. The smallest absolute Gasteiger partial charge is 0.315 e. The van der Waals surface area contributed by atoms with Crippen molar-refractivity contribution in [3.63, 3.8) is 0 Å². The summed E-state index contributed by atoms with van der Waals surface area (Å²) in [6.07, 6.45) is 0.874. The lowest BCUT2D eigenvalue weighted by Gasteiger charge is -2.21. The molecule has 1 aromatic carbocycles. The van der Waals surface area contributed by atoms with Gasteiger partial charge < -0.3 is 24.9 Å². The maximum Gasteiger partial charge on any atom is 0.315 e. The molecule has 0 aliphatic carbocycles. The van der Waals surface area contributed by atoms with Gasteiger partial charge in [0.1, 0.15) is 17.6 Å². The molecule has 146 valence electrons. The van der Waals surface area contributed by atoms with E-state index >= 15 is 0 Å². The molecule has 1 aromatic heterocycles. The number of amides is 2. The lowest BCUT2D eigenvalue weighted by molar-refractivity contribution is -0.137. The summed E-state index contributed by atoms with van der Waals surface area (Å²) in [5.74, 6) is 0.463. The van der Waals surface area contributed by atoms with Gasteiger partial charge in [-0.3, -0.25) is 4.79 Å². The van der Waals surface area contributed by atoms with Crippen molar-refractivity contribution in [2.75, 3.05) is 13.7 Å². The summed E-state index contributed by atoms with van der Waals surface area (Å²) in [6, 6.07) is 12.1. The number of urea groups is 1. The van der Waals surface area contributed by atoms with Crippen LogP contribution >= 0.6 is 0 Å². The van der Waals surface area contributed by atoms with Crippen LogP contribution in [0.4, 0.5) is 4.79 Å². The fourth-order valence-electron chi connectivity index (χ4n) is 2.81. The number of aliphatic carboxylic acids is 1. The van der Waals surface area contributed by atoms with E-state index in [1.54, 1.807) is 13.2 Å². The molecule has 0 saturated carbocycles. The second-order valence-corrected chi connectivity index (χ2v) is 6.39. The van der Waals surface area contributed by atoms with E-state index in [1.807, 2.05) is 43.3 Å².